The molecule has 0 aromatic heterocycles. The second-order valence-corrected chi connectivity index (χ2v) is 5.00. The highest BCUT2D eigenvalue weighted by Gasteiger charge is 2.69. The van der Waals surface area contributed by atoms with E-state index < -0.39 is 22.7 Å². The van der Waals surface area contributed by atoms with Gasteiger partial charge < -0.3 is 0 Å². The molecule has 0 atom stereocenters. The van der Waals surface area contributed by atoms with Gasteiger partial charge in [-0.05, 0) is 0 Å². The van der Waals surface area contributed by atoms with Crippen molar-refractivity contribution in [2.75, 3.05) is 0 Å². The Hall–Kier alpha value is -0.800. The zero-order chi connectivity index (χ0) is 13.4. The molecule has 0 amide bonds. The first-order chi connectivity index (χ1) is 6.87. The Morgan fingerprint density at radius 3 is 1.00 bits per heavy atom. The van der Waals surface area contributed by atoms with Gasteiger partial charge in [0.25, 0.3) is 0 Å². The minimum absolute atomic E-state index is 0.847. The molecule has 94 valence electrons. The molecular weight excluding hydrogens is 220 g/mol. The molecule has 0 rings (SSSR count). The second kappa shape index (κ2) is 3.90. The fourth-order valence-electron chi connectivity index (χ4n) is 1.07. The predicted octanol–water partition coefficient (Wildman–Crippen LogP) is 4.68. The Kier molecular flexibility index (Phi) is 3.70. The molecule has 0 unspecified atom stereocenters. The first-order valence-corrected chi connectivity index (χ1v) is 4.90. The molecule has 0 N–H and O–H groups in total. The van der Waals surface area contributed by atoms with E-state index in [2.05, 4.69) is 13.2 Å². The third-order valence-electron chi connectivity index (χ3n) is 3.03. The van der Waals surface area contributed by atoms with Gasteiger partial charge in [-0.3, -0.25) is 0 Å². The zero-order valence-corrected chi connectivity index (χ0v) is 10.1. The van der Waals surface area contributed by atoms with Crippen LogP contribution in [0.25, 0.3) is 0 Å². The van der Waals surface area contributed by atoms with E-state index in [1.165, 1.54) is 0 Å². The number of rotatable bonds is 5. The average Bonchev–Trinajstić information content (AvgIpc) is 2.16. The van der Waals surface area contributed by atoms with Gasteiger partial charge in [0.15, 0.2) is 0 Å². The lowest BCUT2D eigenvalue weighted by molar-refractivity contribution is -0.283. The van der Waals surface area contributed by atoms with Gasteiger partial charge in [0.05, 0.1) is 10.8 Å². The van der Waals surface area contributed by atoms with Crippen molar-refractivity contribution >= 4 is 0 Å². The Balaban J connectivity index is 5.63. The van der Waals surface area contributed by atoms with Gasteiger partial charge in [-0.25, -0.2) is 0 Å². The van der Waals surface area contributed by atoms with Gasteiger partial charge in [-0.15, -0.1) is 13.2 Å². The first-order valence-electron chi connectivity index (χ1n) is 4.90. The van der Waals surface area contributed by atoms with E-state index in [1.807, 2.05) is 0 Å². The van der Waals surface area contributed by atoms with Gasteiger partial charge in [0.2, 0.25) is 0 Å². The van der Waals surface area contributed by atoms with Crippen molar-refractivity contribution in [2.24, 2.45) is 10.8 Å². The molecule has 0 saturated heterocycles. The Morgan fingerprint density at radius 2 is 0.875 bits per heavy atom. The van der Waals surface area contributed by atoms with Crippen molar-refractivity contribution in [1.82, 2.24) is 0 Å². The predicted molar refractivity (Wildman–Crippen MR) is 57.9 cm³/mol. The fourth-order valence-corrected chi connectivity index (χ4v) is 1.07. The van der Waals surface area contributed by atoms with Crippen LogP contribution in [0.1, 0.15) is 27.7 Å². The summed E-state index contributed by atoms with van der Waals surface area (Å²) in [6.07, 6.45) is 1.69. The summed E-state index contributed by atoms with van der Waals surface area (Å²) in [5.74, 6) is -8.39. The summed E-state index contributed by atoms with van der Waals surface area (Å²) in [4.78, 5) is 0. The average molecular weight is 238 g/mol. The molecule has 16 heavy (non-hydrogen) atoms. The molecule has 0 aromatic carbocycles. The number of halogens is 4. The molecular formula is C12H18F4. The number of hydrogen-bond donors (Lipinski definition) is 0. The van der Waals surface area contributed by atoms with Crippen molar-refractivity contribution in [3.05, 3.63) is 25.3 Å². The molecule has 0 aromatic rings. The fraction of sp³-hybridized carbons (Fsp3) is 0.667. The molecule has 0 bridgehead atoms. The lowest BCUT2D eigenvalue weighted by atomic mass is 9.72. The van der Waals surface area contributed by atoms with Crippen molar-refractivity contribution in [3.63, 3.8) is 0 Å². The van der Waals surface area contributed by atoms with E-state index in [4.69, 9.17) is 0 Å². The van der Waals surface area contributed by atoms with E-state index in [0.29, 0.717) is 0 Å². The monoisotopic (exact) mass is 238 g/mol. The van der Waals surface area contributed by atoms with Crippen LogP contribution in [0.15, 0.2) is 25.3 Å². The number of allylic oxidation sites excluding steroid dienone is 2. The second-order valence-electron chi connectivity index (χ2n) is 5.00. The molecule has 0 heterocycles. The minimum atomic E-state index is -4.20. The maximum atomic E-state index is 13.8. The topological polar surface area (TPSA) is 0 Å². The van der Waals surface area contributed by atoms with Gasteiger partial charge in [0.1, 0.15) is 0 Å². The van der Waals surface area contributed by atoms with Crippen molar-refractivity contribution < 1.29 is 17.6 Å². The van der Waals surface area contributed by atoms with Crippen LogP contribution in [0, 0.1) is 10.8 Å². The van der Waals surface area contributed by atoms with E-state index >= 15 is 0 Å². The molecule has 0 spiro atoms. The van der Waals surface area contributed by atoms with E-state index in [9.17, 15) is 17.6 Å². The molecule has 0 aliphatic carbocycles. The largest absolute Gasteiger partial charge is 0.319 e. The Labute approximate surface area is 94.0 Å². The summed E-state index contributed by atoms with van der Waals surface area (Å²) < 4.78 is 55.2. The molecule has 0 fully saturated rings. The first kappa shape index (κ1) is 15.2. The number of hydrogen-bond acceptors (Lipinski definition) is 0. The van der Waals surface area contributed by atoms with Crippen LogP contribution in [0.3, 0.4) is 0 Å². The third kappa shape index (κ3) is 1.89. The van der Waals surface area contributed by atoms with Crippen LogP contribution in [0.4, 0.5) is 17.6 Å². The molecule has 0 saturated carbocycles. The van der Waals surface area contributed by atoms with E-state index in [1.54, 1.807) is 0 Å². The lowest BCUT2D eigenvalue weighted by Crippen LogP contribution is -2.57. The van der Waals surface area contributed by atoms with Crippen molar-refractivity contribution in [3.8, 4) is 0 Å². The van der Waals surface area contributed by atoms with Gasteiger partial charge in [-0.1, -0.05) is 39.8 Å². The molecule has 4 heteroatoms. The maximum Gasteiger partial charge on any atom is 0.319 e. The highest BCUT2D eigenvalue weighted by Crippen LogP contribution is 2.55. The van der Waals surface area contributed by atoms with E-state index in [-0.39, 0.29) is 0 Å². The van der Waals surface area contributed by atoms with Gasteiger partial charge in [-0.2, -0.15) is 17.6 Å². The summed E-state index contributed by atoms with van der Waals surface area (Å²) in [6, 6.07) is 0. The van der Waals surface area contributed by atoms with Crippen molar-refractivity contribution in [1.29, 1.82) is 0 Å². The van der Waals surface area contributed by atoms with Crippen LogP contribution >= 0.6 is 0 Å². The van der Waals surface area contributed by atoms with Gasteiger partial charge in [0, 0.05) is 0 Å². The summed E-state index contributed by atoms with van der Waals surface area (Å²) in [7, 11) is 0. The molecule has 0 radical (unpaired) electrons. The highest BCUT2D eigenvalue weighted by atomic mass is 19.3. The summed E-state index contributed by atoms with van der Waals surface area (Å²) in [5.41, 5.74) is -3.98. The molecule has 0 aliphatic heterocycles. The molecule has 0 nitrogen and oxygen atoms in total. The minimum Gasteiger partial charge on any atom is -0.199 e. The Bertz CT molecular complexity index is 257. The van der Waals surface area contributed by atoms with Crippen LogP contribution in [-0.4, -0.2) is 11.8 Å². The zero-order valence-electron chi connectivity index (χ0n) is 10.1. The summed E-state index contributed by atoms with van der Waals surface area (Å²) >= 11 is 0. The maximum absolute atomic E-state index is 13.8. The van der Waals surface area contributed by atoms with Crippen LogP contribution in [-0.2, 0) is 0 Å². The molecule has 0 aliphatic rings. The van der Waals surface area contributed by atoms with Crippen molar-refractivity contribution in [2.45, 2.75) is 39.5 Å². The van der Waals surface area contributed by atoms with Crippen LogP contribution < -0.4 is 0 Å². The smallest absolute Gasteiger partial charge is 0.199 e. The van der Waals surface area contributed by atoms with Crippen LogP contribution in [0.5, 0.6) is 0 Å². The lowest BCUT2D eigenvalue weighted by Gasteiger charge is -2.43. The summed E-state index contributed by atoms with van der Waals surface area (Å²) in [6.45, 7) is 10.5. The Morgan fingerprint density at radius 1 is 0.688 bits per heavy atom. The standard InChI is InChI=1S/C12H18F4/c1-7-9(3,4)11(13,14)12(15,16)10(5,6)8-2/h7-8H,1-2H2,3-6H3. The normalized spacial score (nSPS) is 14.8. The van der Waals surface area contributed by atoms with Gasteiger partial charge >= 0.3 is 11.8 Å². The summed E-state index contributed by atoms with van der Waals surface area (Å²) in [5, 5.41) is 0. The SMILES string of the molecule is C=CC(C)(C)C(F)(F)C(F)(F)C(C)(C)C=C. The van der Waals surface area contributed by atoms with E-state index in [0.717, 1.165) is 39.8 Å². The number of alkyl halides is 4. The van der Waals surface area contributed by atoms with Crippen LogP contribution in [0.2, 0.25) is 0 Å². The third-order valence-corrected chi connectivity index (χ3v) is 3.03. The quantitative estimate of drug-likeness (QED) is 0.482. The highest BCUT2D eigenvalue weighted by molar-refractivity contribution is 5.12.